The van der Waals surface area contributed by atoms with Crippen LogP contribution in [0.1, 0.15) is 31.9 Å². The van der Waals surface area contributed by atoms with Gasteiger partial charge in [0.25, 0.3) is 0 Å². The molecule has 0 fully saturated rings. The van der Waals surface area contributed by atoms with Crippen LogP contribution in [0.15, 0.2) is 24.3 Å². The third kappa shape index (κ3) is 7.64. The van der Waals surface area contributed by atoms with Crippen LogP contribution < -0.4 is 5.32 Å². The highest BCUT2D eigenvalue weighted by Gasteiger charge is 2.15. The lowest BCUT2D eigenvalue weighted by molar-refractivity contribution is -0.138. The van der Waals surface area contributed by atoms with E-state index < -0.39 is 5.97 Å². The van der Waals surface area contributed by atoms with Crippen molar-refractivity contribution in [1.82, 2.24) is 10.2 Å². The molecule has 22 heavy (non-hydrogen) atoms. The molecule has 0 aliphatic heterocycles. The van der Waals surface area contributed by atoms with Crippen LogP contribution in [-0.2, 0) is 9.59 Å². The van der Waals surface area contributed by atoms with Crippen molar-refractivity contribution in [2.45, 2.75) is 26.3 Å². The summed E-state index contributed by atoms with van der Waals surface area (Å²) in [5.74, 6) is -1.12. The molecule has 0 radical (unpaired) electrons. The smallest absolute Gasteiger partial charge is 0.317 e. The Bertz CT molecular complexity index is 480. The molecule has 1 atom stereocenters. The summed E-state index contributed by atoms with van der Waals surface area (Å²) >= 11 is 5.82. The summed E-state index contributed by atoms with van der Waals surface area (Å²) in [5, 5.41) is 12.3. The number of rotatable bonds is 8. The fourth-order valence-electron chi connectivity index (χ4n) is 2.05. The van der Waals surface area contributed by atoms with Gasteiger partial charge in [0.2, 0.25) is 5.91 Å². The first kappa shape index (κ1) is 20.7. The van der Waals surface area contributed by atoms with Crippen molar-refractivity contribution in [2.75, 3.05) is 19.6 Å². The number of carbonyl (C=O) groups is 2. The molecule has 1 aromatic carbocycles. The number of amides is 1. The quantitative estimate of drug-likeness (QED) is 0.757. The third-order valence-electron chi connectivity index (χ3n) is 3.01. The number of carbonyl (C=O) groups excluding carboxylic acids is 1. The fraction of sp³-hybridized carbons (Fsp3) is 0.467. The minimum atomic E-state index is -0.929. The van der Waals surface area contributed by atoms with Crippen molar-refractivity contribution in [3.63, 3.8) is 0 Å². The van der Waals surface area contributed by atoms with Gasteiger partial charge in [0.15, 0.2) is 0 Å². The largest absolute Gasteiger partial charge is 0.480 e. The lowest BCUT2D eigenvalue weighted by atomic mass is 10.1. The van der Waals surface area contributed by atoms with Crippen LogP contribution >= 0.6 is 24.0 Å². The molecule has 0 aliphatic rings. The van der Waals surface area contributed by atoms with E-state index in [4.69, 9.17) is 16.7 Å². The van der Waals surface area contributed by atoms with Gasteiger partial charge in [0.1, 0.15) is 0 Å². The van der Waals surface area contributed by atoms with Gasteiger partial charge >= 0.3 is 5.97 Å². The first-order valence-corrected chi connectivity index (χ1v) is 7.29. The Hall–Kier alpha value is -1.30. The molecule has 124 valence electrons. The molecule has 0 heterocycles. The van der Waals surface area contributed by atoms with Crippen molar-refractivity contribution in [3.8, 4) is 0 Å². The van der Waals surface area contributed by atoms with Crippen LogP contribution in [0.3, 0.4) is 0 Å². The fourth-order valence-corrected chi connectivity index (χ4v) is 2.17. The molecule has 2 N–H and O–H groups in total. The van der Waals surface area contributed by atoms with Gasteiger partial charge in [-0.2, -0.15) is 0 Å². The van der Waals surface area contributed by atoms with E-state index in [-0.39, 0.29) is 37.4 Å². The molecular formula is C15H22Cl2N2O3. The zero-order valence-corrected chi connectivity index (χ0v) is 14.3. The summed E-state index contributed by atoms with van der Waals surface area (Å²) < 4.78 is 0. The monoisotopic (exact) mass is 348 g/mol. The number of nitrogens with zero attached hydrogens (tertiary/aromatic N) is 1. The second kappa shape index (κ2) is 10.4. The molecule has 5 nitrogen and oxygen atoms in total. The second-order valence-electron chi connectivity index (χ2n) is 4.95. The number of halogens is 2. The highest BCUT2D eigenvalue weighted by molar-refractivity contribution is 6.30. The summed E-state index contributed by atoms with van der Waals surface area (Å²) in [5.41, 5.74) is 0.952. The Balaban J connectivity index is 0.00000441. The Labute approximate surface area is 142 Å². The highest BCUT2D eigenvalue weighted by atomic mass is 35.5. The van der Waals surface area contributed by atoms with Gasteiger partial charge in [-0.3, -0.25) is 14.5 Å². The topological polar surface area (TPSA) is 69.6 Å². The van der Waals surface area contributed by atoms with Crippen LogP contribution in [0.4, 0.5) is 0 Å². The van der Waals surface area contributed by atoms with Crippen LogP contribution in [0.5, 0.6) is 0 Å². The average Bonchev–Trinajstić information content (AvgIpc) is 2.38. The SMILES string of the molecule is CCCN(CC(=O)O)CC(=O)NC(C)c1ccc(Cl)cc1.Cl. The molecule has 0 saturated heterocycles. The molecular weight excluding hydrogens is 327 g/mol. The van der Waals surface area contributed by atoms with Crippen molar-refractivity contribution >= 4 is 35.9 Å². The molecule has 1 unspecified atom stereocenters. The van der Waals surface area contributed by atoms with Gasteiger partial charge in [0, 0.05) is 5.02 Å². The molecule has 1 aromatic rings. The van der Waals surface area contributed by atoms with E-state index in [1.807, 2.05) is 26.0 Å². The van der Waals surface area contributed by atoms with E-state index in [2.05, 4.69) is 5.32 Å². The normalized spacial score (nSPS) is 11.6. The Kier molecular flexibility index (Phi) is 9.81. The Morgan fingerprint density at radius 1 is 1.27 bits per heavy atom. The maximum Gasteiger partial charge on any atom is 0.317 e. The standard InChI is InChI=1S/C15H21ClN2O3.ClH/c1-3-8-18(10-15(20)21)9-14(19)17-11(2)12-4-6-13(16)7-5-12;/h4-7,11H,3,8-10H2,1-2H3,(H,17,19)(H,20,21);1H. The summed E-state index contributed by atoms with van der Waals surface area (Å²) in [4.78, 5) is 24.4. The van der Waals surface area contributed by atoms with Crippen LogP contribution in [-0.4, -0.2) is 41.5 Å². The molecule has 1 amide bonds. The summed E-state index contributed by atoms with van der Waals surface area (Å²) in [6.45, 7) is 4.36. The number of hydrogen-bond acceptors (Lipinski definition) is 3. The lowest BCUT2D eigenvalue weighted by Gasteiger charge is -2.21. The van der Waals surface area contributed by atoms with Crippen molar-refractivity contribution in [2.24, 2.45) is 0 Å². The molecule has 0 aromatic heterocycles. The van der Waals surface area contributed by atoms with E-state index in [9.17, 15) is 9.59 Å². The first-order chi connectivity index (χ1) is 9.92. The van der Waals surface area contributed by atoms with Gasteiger partial charge in [-0.05, 0) is 37.6 Å². The molecule has 1 rings (SSSR count). The van der Waals surface area contributed by atoms with Gasteiger partial charge < -0.3 is 10.4 Å². The molecule has 0 aliphatic carbocycles. The van der Waals surface area contributed by atoms with E-state index in [0.29, 0.717) is 11.6 Å². The highest BCUT2D eigenvalue weighted by Crippen LogP contribution is 2.15. The third-order valence-corrected chi connectivity index (χ3v) is 3.27. The minimum absolute atomic E-state index is 0. The molecule has 0 spiro atoms. The van der Waals surface area contributed by atoms with E-state index >= 15 is 0 Å². The maximum absolute atomic E-state index is 12.0. The van der Waals surface area contributed by atoms with Gasteiger partial charge in [0.05, 0.1) is 19.1 Å². The number of nitrogens with one attached hydrogen (secondary N) is 1. The predicted molar refractivity (Wildman–Crippen MR) is 89.6 cm³/mol. The number of aliphatic carboxylic acids is 1. The molecule has 0 bridgehead atoms. The van der Waals surface area contributed by atoms with Gasteiger partial charge in [-0.15, -0.1) is 12.4 Å². The van der Waals surface area contributed by atoms with Crippen LogP contribution in [0.25, 0.3) is 0 Å². The number of carboxylic acid groups (broad SMARTS) is 1. The van der Waals surface area contributed by atoms with E-state index in [0.717, 1.165) is 12.0 Å². The Morgan fingerprint density at radius 3 is 2.36 bits per heavy atom. The zero-order valence-electron chi connectivity index (χ0n) is 12.7. The lowest BCUT2D eigenvalue weighted by Crippen LogP contribution is -2.40. The zero-order chi connectivity index (χ0) is 15.8. The molecule has 7 heteroatoms. The molecule has 0 saturated carbocycles. The summed E-state index contributed by atoms with van der Waals surface area (Å²) in [6.07, 6.45) is 0.799. The van der Waals surface area contributed by atoms with Crippen molar-refractivity contribution in [1.29, 1.82) is 0 Å². The number of carboxylic acids is 1. The van der Waals surface area contributed by atoms with E-state index in [1.165, 1.54) is 0 Å². The maximum atomic E-state index is 12.0. The van der Waals surface area contributed by atoms with Crippen molar-refractivity contribution in [3.05, 3.63) is 34.9 Å². The average molecular weight is 349 g/mol. The number of hydrogen-bond donors (Lipinski definition) is 2. The summed E-state index contributed by atoms with van der Waals surface area (Å²) in [6, 6.07) is 7.10. The number of benzene rings is 1. The first-order valence-electron chi connectivity index (χ1n) is 6.91. The van der Waals surface area contributed by atoms with Crippen LogP contribution in [0.2, 0.25) is 5.02 Å². The van der Waals surface area contributed by atoms with Gasteiger partial charge in [-0.25, -0.2) is 0 Å². The minimum Gasteiger partial charge on any atom is -0.480 e. The Morgan fingerprint density at radius 2 is 1.86 bits per heavy atom. The second-order valence-corrected chi connectivity index (χ2v) is 5.38. The van der Waals surface area contributed by atoms with E-state index in [1.54, 1.807) is 17.0 Å². The van der Waals surface area contributed by atoms with Crippen LogP contribution in [0, 0.1) is 0 Å². The predicted octanol–water partition coefficient (Wildman–Crippen LogP) is 2.74. The van der Waals surface area contributed by atoms with Crippen molar-refractivity contribution < 1.29 is 14.7 Å². The van der Waals surface area contributed by atoms with Gasteiger partial charge in [-0.1, -0.05) is 30.7 Å². The summed E-state index contributed by atoms with van der Waals surface area (Å²) in [7, 11) is 0.